The zero-order valence-electron chi connectivity index (χ0n) is 23.9. The summed E-state index contributed by atoms with van der Waals surface area (Å²) in [4.78, 5) is 87.6. The lowest BCUT2D eigenvalue weighted by Crippen LogP contribution is -2.55. The molecule has 0 bridgehead atoms. The Morgan fingerprint density at radius 3 is 2.42 bits per heavy atom. The standard InChI is InChI=1S/C29H36N4O10/c1-3-16(2)10-24(35)32-20(8-9-25(36)37)29(42)33-14-18(12-21(33)27(40)31-19(15-34)13-26(38)39)30-28(41)23-11-17-6-4-5-7-22(17)43-23/h4-7,11,15-16,18-21H,3,8-10,12-14H2,1-2H3,(H,30,41)(H,31,40)(H,32,35)(H,36,37)(H,38,39)/t16-,18-,19-,20-,21?/m0/s1. The van der Waals surface area contributed by atoms with E-state index in [1.54, 1.807) is 30.3 Å². The van der Waals surface area contributed by atoms with Gasteiger partial charge in [-0.15, -0.1) is 0 Å². The summed E-state index contributed by atoms with van der Waals surface area (Å²) in [6.45, 7) is 3.57. The largest absolute Gasteiger partial charge is 0.481 e. The van der Waals surface area contributed by atoms with Crippen molar-refractivity contribution in [3.05, 3.63) is 36.1 Å². The molecule has 2 aromatic rings. The highest BCUT2D eigenvalue weighted by molar-refractivity contribution is 5.97. The molecule has 43 heavy (non-hydrogen) atoms. The Morgan fingerprint density at radius 2 is 1.79 bits per heavy atom. The highest BCUT2D eigenvalue weighted by Gasteiger charge is 2.43. The lowest BCUT2D eigenvalue weighted by Gasteiger charge is -2.29. The molecule has 1 saturated heterocycles. The van der Waals surface area contributed by atoms with Crippen molar-refractivity contribution in [2.24, 2.45) is 5.92 Å². The molecular weight excluding hydrogens is 564 g/mol. The fourth-order valence-electron chi connectivity index (χ4n) is 4.82. The van der Waals surface area contributed by atoms with Crippen molar-refractivity contribution in [1.82, 2.24) is 20.9 Å². The van der Waals surface area contributed by atoms with Gasteiger partial charge in [0.2, 0.25) is 17.7 Å². The van der Waals surface area contributed by atoms with E-state index in [0.29, 0.717) is 17.4 Å². The number of rotatable bonds is 15. The van der Waals surface area contributed by atoms with Crippen LogP contribution in [0.4, 0.5) is 0 Å². The Bertz CT molecular complexity index is 1340. The predicted octanol–water partition coefficient (Wildman–Crippen LogP) is 1.08. The van der Waals surface area contributed by atoms with Crippen molar-refractivity contribution in [3.8, 4) is 0 Å². The van der Waals surface area contributed by atoms with Gasteiger partial charge in [-0.2, -0.15) is 0 Å². The van der Waals surface area contributed by atoms with E-state index in [0.717, 1.165) is 4.90 Å². The van der Waals surface area contributed by atoms with E-state index in [1.807, 2.05) is 13.8 Å². The van der Waals surface area contributed by atoms with Gasteiger partial charge in [0.1, 0.15) is 24.0 Å². The van der Waals surface area contributed by atoms with Crippen LogP contribution in [0.3, 0.4) is 0 Å². The van der Waals surface area contributed by atoms with Gasteiger partial charge in [0.25, 0.3) is 5.91 Å². The molecule has 1 aliphatic rings. The summed E-state index contributed by atoms with van der Waals surface area (Å²) in [7, 11) is 0. The molecule has 1 aromatic carbocycles. The van der Waals surface area contributed by atoms with Gasteiger partial charge in [-0.1, -0.05) is 38.5 Å². The van der Waals surface area contributed by atoms with Gasteiger partial charge >= 0.3 is 11.9 Å². The third-order valence-corrected chi connectivity index (χ3v) is 7.27. The average molecular weight is 601 g/mol. The predicted molar refractivity (Wildman–Crippen MR) is 151 cm³/mol. The summed E-state index contributed by atoms with van der Waals surface area (Å²) in [6, 6.07) is 3.84. The zero-order chi connectivity index (χ0) is 31.7. The number of hydrogen-bond donors (Lipinski definition) is 5. The summed E-state index contributed by atoms with van der Waals surface area (Å²) in [5.41, 5.74) is 0.487. The van der Waals surface area contributed by atoms with Gasteiger partial charge in [0.15, 0.2) is 5.76 Å². The van der Waals surface area contributed by atoms with Crippen LogP contribution >= 0.6 is 0 Å². The number of aliphatic carboxylic acids is 2. The fourth-order valence-corrected chi connectivity index (χ4v) is 4.82. The number of likely N-dealkylation sites (tertiary alicyclic amines) is 1. The van der Waals surface area contributed by atoms with Crippen LogP contribution in [0.2, 0.25) is 0 Å². The minimum atomic E-state index is -1.37. The van der Waals surface area contributed by atoms with E-state index in [-0.39, 0.29) is 43.8 Å². The minimum absolute atomic E-state index is 0.00565. The first-order chi connectivity index (χ1) is 20.4. The molecule has 4 amide bonds. The van der Waals surface area contributed by atoms with E-state index >= 15 is 0 Å². The van der Waals surface area contributed by atoms with Crippen LogP contribution < -0.4 is 16.0 Å². The van der Waals surface area contributed by atoms with E-state index in [4.69, 9.17) is 9.52 Å². The van der Waals surface area contributed by atoms with Crippen molar-refractivity contribution < 1.29 is 48.2 Å². The van der Waals surface area contributed by atoms with Gasteiger partial charge < -0.3 is 40.3 Å². The van der Waals surface area contributed by atoms with Crippen LogP contribution in [0.1, 0.15) is 62.9 Å². The maximum absolute atomic E-state index is 13.8. The van der Waals surface area contributed by atoms with Gasteiger partial charge in [-0.05, 0) is 30.9 Å². The fraction of sp³-hybridized carbons (Fsp3) is 0.483. The van der Waals surface area contributed by atoms with Gasteiger partial charge in [-0.3, -0.25) is 28.8 Å². The zero-order valence-corrected chi connectivity index (χ0v) is 23.9. The number of aldehydes is 1. The number of para-hydroxylation sites is 1. The van der Waals surface area contributed by atoms with Gasteiger partial charge in [-0.25, -0.2) is 0 Å². The van der Waals surface area contributed by atoms with Gasteiger partial charge in [0, 0.05) is 30.8 Å². The maximum Gasteiger partial charge on any atom is 0.305 e. The van der Waals surface area contributed by atoms with E-state index in [9.17, 15) is 38.7 Å². The summed E-state index contributed by atoms with van der Waals surface area (Å²) in [5.74, 6) is -5.16. The molecular formula is C29H36N4O10. The SMILES string of the molecule is CC[C@H](C)CC(=O)N[C@@H](CCC(=O)O)C(=O)N1C[C@@H](NC(=O)c2cc3ccccc3o2)CC1C(=O)N[C@H](C=O)CC(=O)O. The molecule has 0 saturated carbocycles. The van der Waals surface area contributed by atoms with Crippen LogP contribution in [0.25, 0.3) is 11.0 Å². The van der Waals surface area contributed by atoms with E-state index in [2.05, 4.69) is 16.0 Å². The van der Waals surface area contributed by atoms with Crippen molar-refractivity contribution in [2.75, 3.05) is 6.54 Å². The number of carbonyl (C=O) groups excluding carboxylic acids is 5. The van der Waals surface area contributed by atoms with Crippen LogP contribution in [0.15, 0.2) is 34.7 Å². The Balaban J connectivity index is 1.84. The number of carboxylic acids is 2. The molecule has 14 heteroatoms. The van der Waals surface area contributed by atoms with Crippen LogP contribution in [0.5, 0.6) is 0 Å². The number of nitrogens with one attached hydrogen (secondary N) is 3. The molecule has 1 aromatic heterocycles. The molecule has 1 unspecified atom stereocenters. The normalized spacial score (nSPS) is 18.3. The number of nitrogens with zero attached hydrogens (tertiary/aromatic N) is 1. The second-order valence-corrected chi connectivity index (χ2v) is 10.7. The van der Waals surface area contributed by atoms with Crippen molar-refractivity contribution in [2.45, 2.75) is 76.5 Å². The number of carbonyl (C=O) groups is 7. The molecule has 0 spiro atoms. The number of furan rings is 1. The third-order valence-electron chi connectivity index (χ3n) is 7.27. The lowest BCUT2D eigenvalue weighted by atomic mass is 10.0. The van der Waals surface area contributed by atoms with Crippen molar-refractivity contribution in [1.29, 1.82) is 0 Å². The quantitative estimate of drug-likeness (QED) is 0.183. The molecule has 2 heterocycles. The molecule has 3 rings (SSSR count). The average Bonchev–Trinajstić information content (AvgIpc) is 3.58. The van der Waals surface area contributed by atoms with E-state index < -0.39 is 72.6 Å². The summed E-state index contributed by atoms with van der Waals surface area (Å²) in [5, 5.41) is 26.6. The number of amides is 4. The maximum atomic E-state index is 13.8. The topological polar surface area (TPSA) is 212 Å². The number of hydrogen-bond acceptors (Lipinski definition) is 8. The smallest absolute Gasteiger partial charge is 0.305 e. The van der Waals surface area contributed by atoms with Gasteiger partial charge in [0.05, 0.1) is 12.5 Å². The second kappa shape index (κ2) is 14.9. The third kappa shape index (κ3) is 9.12. The minimum Gasteiger partial charge on any atom is -0.481 e. The molecule has 5 atom stereocenters. The Labute approximate surface area is 247 Å². The van der Waals surface area contributed by atoms with Crippen LogP contribution in [-0.2, 0) is 28.8 Å². The summed E-state index contributed by atoms with van der Waals surface area (Å²) in [6.07, 6.45) is -0.414. The molecule has 0 aliphatic carbocycles. The monoisotopic (exact) mass is 600 g/mol. The van der Waals surface area contributed by atoms with Crippen LogP contribution in [0, 0.1) is 5.92 Å². The lowest BCUT2D eigenvalue weighted by molar-refractivity contribution is -0.144. The number of fused-ring (bicyclic) bond motifs is 1. The molecule has 0 radical (unpaired) electrons. The Hall–Kier alpha value is -4.75. The van der Waals surface area contributed by atoms with Crippen molar-refractivity contribution in [3.63, 3.8) is 0 Å². The number of benzene rings is 1. The first-order valence-corrected chi connectivity index (χ1v) is 14.0. The molecule has 232 valence electrons. The van der Waals surface area contributed by atoms with Crippen molar-refractivity contribution >= 4 is 52.8 Å². The molecule has 1 fully saturated rings. The molecule has 14 nitrogen and oxygen atoms in total. The molecule has 1 aliphatic heterocycles. The number of carboxylic acid groups (broad SMARTS) is 2. The molecule has 5 N–H and O–H groups in total. The Morgan fingerprint density at radius 1 is 1.07 bits per heavy atom. The van der Waals surface area contributed by atoms with Crippen LogP contribution in [-0.4, -0.2) is 87.7 Å². The van der Waals surface area contributed by atoms with E-state index in [1.165, 1.54) is 0 Å². The Kier molecular flexibility index (Phi) is 11.4. The highest BCUT2D eigenvalue weighted by atomic mass is 16.4. The second-order valence-electron chi connectivity index (χ2n) is 10.7. The summed E-state index contributed by atoms with van der Waals surface area (Å²) < 4.78 is 5.60. The summed E-state index contributed by atoms with van der Waals surface area (Å²) >= 11 is 0. The highest BCUT2D eigenvalue weighted by Crippen LogP contribution is 2.23. The first-order valence-electron chi connectivity index (χ1n) is 14.0. The first kappa shape index (κ1) is 32.8.